The number of carbonyl (C=O) groups is 1. The minimum Gasteiger partial charge on any atom is -0.437 e. The third kappa shape index (κ3) is 5.01. The van der Waals surface area contributed by atoms with Crippen molar-refractivity contribution in [3.05, 3.63) is 81.4 Å². The fourth-order valence-corrected chi connectivity index (χ4v) is 3.82. The number of nitro groups is 1. The van der Waals surface area contributed by atoms with E-state index in [-0.39, 0.29) is 39.9 Å². The van der Waals surface area contributed by atoms with E-state index in [4.69, 9.17) is 16.3 Å². The zero-order valence-corrected chi connectivity index (χ0v) is 18.3. The van der Waals surface area contributed by atoms with E-state index in [1.165, 1.54) is 36.7 Å². The first-order chi connectivity index (χ1) is 15.8. The molecule has 0 spiro atoms. The molecular weight excluding hydrogens is 453 g/mol. The highest BCUT2D eigenvalue weighted by Gasteiger charge is 2.29. The van der Waals surface area contributed by atoms with Crippen molar-refractivity contribution in [3.63, 3.8) is 0 Å². The van der Waals surface area contributed by atoms with E-state index in [0.29, 0.717) is 25.5 Å². The molecule has 0 aliphatic carbocycles. The number of carbonyl (C=O) groups excluding carboxylic acids is 1. The lowest BCUT2D eigenvalue weighted by atomic mass is 10.1. The summed E-state index contributed by atoms with van der Waals surface area (Å²) in [6.07, 6.45) is 1.35. The van der Waals surface area contributed by atoms with E-state index >= 15 is 0 Å². The van der Waals surface area contributed by atoms with Gasteiger partial charge in [0.2, 0.25) is 5.88 Å². The van der Waals surface area contributed by atoms with Crippen LogP contribution in [0.25, 0.3) is 0 Å². The molecule has 0 N–H and O–H groups in total. The minimum absolute atomic E-state index is 0.122. The number of nitro benzene ring substituents is 1. The number of benzene rings is 2. The fraction of sp³-hybridized carbons (Fsp3) is 0.227. The van der Waals surface area contributed by atoms with Gasteiger partial charge in [0.15, 0.2) is 0 Å². The Bertz CT molecular complexity index is 1210. The predicted octanol–water partition coefficient (Wildman–Crippen LogP) is 4.32. The van der Waals surface area contributed by atoms with Gasteiger partial charge in [0.1, 0.15) is 23.7 Å². The van der Waals surface area contributed by atoms with Crippen molar-refractivity contribution in [2.75, 3.05) is 24.5 Å². The molecule has 1 atom stereocenters. The van der Waals surface area contributed by atoms with Gasteiger partial charge < -0.3 is 14.5 Å². The highest BCUT2D eigenvalue weighted by molar-refractivity contribution is 6.32. The Hall–Kier alpha value is -3.79. The highest BCUT2D eigenvalue weighted by Crippen LogP contribution is 2.30. The largest absolute Gasteiger partial charge is 0.437 e. The third-order valence-corrected chi connectivity index (χ3v) is 5.55. The Balaban J connectivity index is 1.45. The Morgan fingerprint density at radius 2 is 2.03 bits per heavy atom. The molecule has 1 fully saturated rings. The second-order valence-electron chi connectivity index (χ2n) is 7.49. The average molecular weight is 472 g/mol. The number of amides is 1. The van der Waals surface area contributed by atoms with Crippen molar-refractivity contribution in [1.29, 1.82) is 0 Å². The molecule has 1 amide bonds. The number of nitrogens with zero attached hydrogens (tertiary/aromatic N) is 5. The molecule has 0 saturated carbocycles. The number of hydrogen-bond donors (Lipinski definition) is 0. The molecule has 1 aliphatic rings. The first kappa shape index (κ1) is 22.4. The quantitative estimate of drug-likeness (QED) is 0.403. The van der Waals surface area contributed by atoms with Crippen LogP contribution in [0.4, 0.5) is 15.9 Å². The van der Waals surface area contributed by atoms with Crippen LogP contribution >= 0.6 is 11.6 Å². The van der Waals surface area contributed by atoms with Gasteiger partial charge in [0, 0.05) is 49.4 Å². The van der Waals surface area contributed by atoms with Crippen molar-refractivity contribution in [3.8, 4) is 11.6 Å². The Labute approximate surface area is 193 Å². The molecule has 33 heavy (non-hydrogen) atoms. The number of halogens is 2. The second-order valence-corrected chi connectivity index (χ2v) is 7.90. The number of rotatable bonds is 5. The molecule has 1 aliphatic heterocycles. The molecule has 4 rings (SSSR count). The molecule has 2 heterocycles. The highest BCUT2D eigenvalue weighted by atomic mass is 35.5. The van der Waals surface area contributed by atoms with Gasteiger partial charge in [-0.15, -0.1) is 0 Å². The average Bonchev–Trinajstić information content (AvgIpc) is 2.80. The lowest BCUT2D eigenvalue weighted by Crippen LogP contribution is -2.54. The van der Waals surface area contributed by atoms with E-state index in [9.17, 15) is 19.3 Å². The Morgan fingerprint density at radius 3 is 2.76 bits per heavy atom. The molecule has 2 aromatic carbocycles. The Morgan fingerprint density at radius 1 is 1.21 bits per heavy atom. The fourth-order valence-electron chi connectivity index (χ4n) is 3.62. The summed E-state index contributed by atoms with van der Waals surface area (Å²) in [7, 11) is 0. The van der Waals surface area contributed by atoms with Crippen LogP contribution in [-0.2, 0) is 0 Å². The summed E-state index contributed by atoms with van der Waals surface area (Å²) in [5, 5.41) is 11.1. The van der Waals surface area contributed by atoms with Gasteiger partial charge in [-0.05, 0) is 31.2 Å². The zero-order chi connectivity index (χ0) is 23.5. The summed E-state index contributed by atoms with van der Waals surface area (Å²) in [4.78, 5) is 35.5. The summed E-state index contributed by atoms with van der Waals surface area (Å²) >= 11 is 6.02. The first-order valence-electron chi connectivity index (χ1n) is 10.1. The van der Waals surface area contributed by atoms with Crippen LogP contribution in [0.5, 0.6) is 11.6 Å². The second kappa shape index (κ2) is 9.37. The van der Waals surface area contributed by atoms with E-state index in [1.807, 2.05) is 11.8 Å². The monoisotopic (exact) mass is 471 g/mol. The van der Waals surface area contributed by atoms with E-state index < -0.39 is 10.7 Å². The molecule has 0 radical (unpaired) electrons. The number of anilines is 1. The van der Waals surface area contributed by atoms with Gasteiger partial charge in [-0.25, -0.2) is 14.4 Å². The van der Waals surface area contributed by atoms with Gasteiger partial charge in [0.25, 0.3) is 11.6 Å². The minimum atomic E-state index is -0.522. The van der Waals surface area contributed by atoms with E-state index in [2.05, 4.69) is 9.97 Å². The van der Waals surface area contributed by atoms with Crippen LogP contribution in [0.15, 0.2) is 54.9 Å². The lowest BCUT2D eigenvalue weighted by molar-refractivity contribution is -0.384. The maximum Gasteiger partial charge on any atom is 0.270 e. The van der Waals surface area contributed by atoms with Crippen LogP contribution in [0.3, 0.4) is 0 Å². The molecular formula is C22H19ClFN5O4. The molecule has 1 unspecified atom stereocenters. The van der Waals surface area contributed by atoms with Crippen LogP contribution in [0.2, 0.25) is 5.02 Å². The predicted molar refractivity (Wildman–Crippen MR) is 119 cm³/mol. The number of piperazine rings is 1. The molecule has 170 valence electrons. The molecule has 1 saturated heterocycles. The third-order valence-electron chi connectivity index (χ3n) is 5.25. The maximum atomic E-state index is 13.3. The topological polar surface area (TPSA) is 102 Å². The Kier molecular flexibility index (Phi) is 6.36. The summed E-state index contributed by atoms with van der Waals surface area (Å²) < 4.78 is 18.9. The number of hydrogen-bond acceptors (Lipinski definition) is 7. The summed E-state index contributed by atoms with van der Waals surface area (Å²) in [6.45, 7) is 3.30. The van der Waals surface area contributed by atoms with Crippen LogP contribution in [0.1, 0.15) is 17.3 Å². The normalized spacial score (nSPS) is 15.9. The summed E-state index contributed by atoms with van der Waals surface area (Å²) in [5.41, 5.74) is 0.153. The van der Waals surface area contributed by atoms with Gasteiger partial charge in [-0.3, -0.25) is 14.9 Å². The first-order valence-corrected chi connectivity index (χ1v) is 10.4. The van der Waals surface area contributed by atoms with E-state index in [0.717, 1.165) is 6.07 Å². The van der Waals surface area contributed by atoms with Crippen molar-refractivity contribution < 1.29 is 18.8 Å². The van der Waals surface area contributed by atoms with E-state index in [1.54, 1.807) is 17.0 Å². The van der Waals surface area contributed by atoms with Gasteiger partial charge in [-0.2, -0.15) is 0 Å². The lowest BCUT2D eigenvalue weighted by Gasteiger charge is -2.40. The molecule has 1 aromatic heterocycles. The van der Waals surface area contributed by atoms with Gasteiger partial charge in [0.05, 0.1) is 9.95 Å². The zero-order valence-electron chi connectivity index (χ0n) is 17.5. The SMILES string of the molecule is CC1CN(c2cc(Oc3ccc(F)cc3Cl)ncn2)CCN1C(=O)c1cccc([N+](=O)[O-])c1. The smallest absolute Gasteiger partial charge is 0.270 e. The molecule has 0 bridgehead atoms. The molecule has 9 nitrogen and oxygen atoms in total. The maximum absolute atomic E-state index is 13.3. The molecule has 11 heteroatoms. The van der Waals surface area contributed by atoms with Crippen LogP contribution in [0, 0.1) is 15.9 Å². The van der Waals surface area contributed by atoms with Crippen molar-refractivity contribution in [1.82, 2.24) is 14.9 Å². The van der Waals surface area contributed by atoms with Crippen LogP contribution < -0.4 is 9.64 Å². The van der Waals surface area contributed by atoms with Gasteiger partial charge >= 0.3 is 0 Å². The van der Waals surface area contributed by atoms with Crippen molar-refractivity contribution in [2.45, 2.75) is 13.0 Å². The van der Waals surface area contributed by atoms with Crippen molar-refractivity contribution >= 4 is 29.0 Å². The van der Waals surface area contributed by atoms with Crippen LogP contribution in [-0.4, -0.2) is 51.4 Å². The molecule has 3 aromatic rings. The van der Waals surface area contributed by atoms with Crippen molar-refractivity contribution in [2.24, 2.45) is 0 Å². The number of ether oxygens (including phenoxy) is 1. The number of aromatic nitrogens is 2. The standard InChI is InChI=1S/C22H19ClFN5O4/c1-14-12-27(7-8-28(14)22(30)15-3-2-4-17(9-15)29(31)32)20-11-21(26-13-25-20)33-19-6-5-16(24)10-18(19)23/h2-6,9-11,13-14H,7-8,12H2,1H3. The van der Waals surface area contributed by atoms with Gasteiger partial charge in [-0.1, -0.05) is 17.7 Å². The summed E-state index contributed by atoms with van der Waals surface area (Å²) in [5.74, 6) is 0.387. The number of non-ortho nitro benzene ring substituents is 1. The summed E-state index contributed by atoms with van der Waals surface area (Å²) in [6, 6.07) is 11.0.